The summed E-state index contributed by atoms with van der Waals surface area (Å²) in [5.41, 5.74) is 5.84. The Bertz CT molecular complexity index is 417. The number of hydrogen-bond donors (Lipinski definition) is 2. The summed E-state index contributed by atoms with van der Waals surface area (Å²) in [4.78, 5) is 0. The highest BCUT2D eigenvalue weighted by Crippen LogP contribution is 2.31. The first kappa shape index (κ1) is 14.1. The van der Waals surface area contributed by atoms with Crippen molar-refractivity contribution < 1.29 is 17.9 Å². The zero-order valence-corrected chi connectivity index (χ0v) is 10.6. The van der Waals surface area contributed by atoms with Crippen molar-refractivity contribution in [1.29, 1.82) is 0 Å². The second-order valence-electron chi connectivity index (χ2n) is 4.64. The highest BCUT2D eigenvalue weighted by atomic mass is 19.4. The highest BCUT2D eigenvalue weighted by molar-refractivity contribution is 5.47. The van der Waals surface area contributed by atoms with E-state index in [1.807, 2.05) is 6.92 Å². The van der Waals surface area contributed by atoms with Crippen molar-refractivity contribution in [2.45, 2.75) is 37.7 Å². The van der Waals surface area contributed by atoms with Gasteiger partial charge in [-0.15, -0.1) is 0 Å². The number of ether oxygens (including phenoxy) is 1. The van der Waals surface area contributed by atoms with Crippen LogP contribution in [0.4, 0.5) is 18.9 Å². The zero-order chi connectivity index (χ0) is 14.0. The number of nitrogens with one attached hydrogen (secondary N) is 1. The molecule has 1 fully saturated rings. The molecule has 0 radical (unpaired) electrons. The fourth-order valence-corrected chi connectivity index (χ4v) is 2.17. The third-order valence-electron chi connectivity index (χ3n) is 3.29. The summed E-state index contributed by atoms with van der Waals surface area (Å²) in [7, 11) is 0. The first-order valence-corrected chi connectivity index (χ1v) is 6.22. The summed E-state index contributed by atoms with van der Waals surface area (Å²) in [6.07, 6.45) is -3.51. The van der Waals surface area contributed by atoms with Gasteiger partial charge in [-0.05, 0) is 37.6 Å². The summed E-state index contributed by atoms with van der Waals surface area (Å²) in [6, 6.07) is 4.87. The van der Waals surface area contributed by atoms with E-state index in [0.717, 1.165) is 18.6 Å². The molecule has 6 heteroatoms. The maximum Gasteiger partial charge on any atom is 0.416 e. The molecule has 1 saturated carbocycles. The summed E-state index contributed by atoms with van der Waals surface area (Å²) < 4.78 is 42.8. The Morgan fingerprint density at radius 1 is 1.32 bits per heavy atom. The fraction of sp³-hybridized carbons (Fsp3) is 0.538. The fourth-order valence-electron chi connectivity index (χ4n) is 2.17. The third kappa shape index (κ3) is 3.19. The number of alkyl halides is 3. The summed E-state index contributed by atoms with van der Waals surface area (Å²) in [5.74, 6) is 0. The van der Waals surface area contributed by atoms with Crippen LogP contribution in [0.3, 0.4) is 0 Å². The van der Waals surface area contributed by atoms with Crippen molar-refractivity contribution in [1.82, 2.24) is 0 Å². The molecule has 0 saturated heterocycles. The standard InChI is InChI=1S/C13H17F3N2O/c1-2-19-11-7-10(17)12(11)18-9-5-3-8(4-6-9)13(14,15)16/h3-6,10-12,18H,2,7,17H2,1H3. The van der Waals surface area contributed by atoms with Crippen LogP contribution in [0.1, 0.15) is 18.9 Å². The quantitative estimate of drug-likeness (QED) is 0.887. The second kappa shape index (κ2) is 5.38. The Kier molecular flexibility index (Phi) is 4.01. The van der Waals surface area contributed by atoms with E-state index in [9.17, 15) is 13.2 Å². The van der Waals surface area contributed by atoms with Crippen LogP contribution in [-0.4, -0.2) is 24.8 Å². The van der Waals surface area contributed by atoms with E-state index in [4.69, 9.17) is 10.5 Å². The largest absolute Gasteiger partial charge is 0.416 e. The van der Waals surface area contributed by atoms with Gasteiger partial charge in [0, 0.05) is 18.3 Å². The highest BCUT2D eigenvalue weighted by Gasteiger charge is 2.39. The molecule has 3 unspecified atom stereocenters. The number of halogens is 3. The van der Waals surface area contributed by atoms with Crippen molar-refractivity contribution >= 4 is 5.69 Å². The van der Waals surface area contributed by atoms with Crippen LogP contribution in [0.25, 0.3) is 0 Å². The zero-order valence-electron chi connectivity index (χ0n) is 10.6. The first-order chi connectivity index (χ1) is 8.91. The molecule has 1 aromatic rings. The van der Waals surface area contributed by atoms with Crippen molar-refractivity contribution in [3.8, 4) is 0 Å². The van der Waals surface area contributed by atoms with E-state index in [-0.39, 0.29) is 18.2 Å². The van der Waals surface area contributed by atoms with Gasteiger partial charge < -0.3 is 15.8 Å². The van der Waals surface area contributed by atoms with Gasteiger partial charge in [0.15, 0.2) is 0 Å². The molecule has 3 nitrogen and oxygen atoms in total. The van der Waals surface area contributed by atoms with Crippen molar-refractivity contribution in [2.75, 3.05) is 11.9 Å². The molecule has 3 atom stereocenters. The second-order valence-corrected chi connectivity index (χ2v) is 4.64. The molecule has 0 aromatic heterocycles. The van der Waals surface area contributed by atoms with Crippen LogP contribution in [-0.2, 0) is 10.9 Å². The van der Waals surface area contributed by atoms with Gasteiger partial charge in [0.2, 0.25) is 0 Å². The van der Waals surface area contributed by atoms with Crippen LogP contribution in [0, 0.1) is 0 Å². The van der Waals surface area contributed by atoms with Crippen molar-refractivity contribution in [3.63, 3.8) is 0 Å². The SMILES string of the molecule is CCOC1CC(N)C1Nc1ccc(C(F)(F)F)cc1. The molecular weight excluding hydrogens is 257 g/mol. The Hall–Kier alpha value is -1.27. The van der Waals surface area contributed by atoms with Gasteiger partial charge in [0.25, 0.3) is 0 Å². The Balaban J connectivity index is 1.99. The maximum atomic E-state index is 12.4. The van der Waals surface area contributed by atoms with Gasteiger partial charge in [0.1, 0.15) is 0 Å². The number of rotatable bonds is 4. The van der Waals surface area contributed by atoms with Gasteiger partial charge in [-0.25, -0.2) is 0 Å². The molecule has 106 valence electrons. The number of benzene rings is 1. The molecule has 3 N–H and O–H groups in total. The van der Waals surface area contributed by atoms with Crippen LogP contribution >= 0.6 is 0 Å². The molecular formula is C13H17F3N2O. The summed E-state index contributed by atoms with van der Waals surface area (Å²) >= 11 is 0. The lowest BCUT2D eigenvalue weighted by molar-refractivity contribution is -0.137. The Morgan fingerprint density at radius 3 is 2.42 bits per heavy atom. The normalized spacial score (nSPS) is 26.9. The van der Waals surface area contributed by atoms with Crippen LogP contribution in [0.2, 0.25) is 0 Å². The monoisotopic (exact) mass is 274 g/mol. The Morgan fingerprint density at radius 2 is 1.95 bits per heavy atom. The average Bonchev–Trinajstić information content (AvgIpc) is 2.35. The predicted molar refractivity (Wildman–Crippen MR) is 66.9 cm³/mol. The molecule has 0 bridgehead atoms. The maximum absolute atomic E-state index is 12.4. The van der Waals surface area contributed by atoms with Gasteiger partial charge in [0.05, 0.1) is 17.7 Å². The molecule has 2 rings (SSSR count). The minimum absolute atomic E-state index is 0.0288. The third-order valence-corrected chi connectivity index (χ3v) is 3.29. The number of hydrogen-bond acceptors (Lipinski definition) is 3. The lowest BCUT2D eigenvalue weighted by Gasteiger charge is -2.43. The molecule has 1 aromatic carbocycles. The molecule has 0 amide bonds. The molecule has 0 aliphatic heterocycles. The van der Waals surface area contributed by atoms with Crippen LogP contribution < -0.4 is 11.1 Å². The van der Waals surface area contributed by atoms with E-state index >= 15 is 0 Å². The lowest BCUT2D eigenvalue weighted by Crippen LogP contribution is -2.60. The Labute approximate surface area is 109 Å². The minimum atomic E-state index is -4.31. The van der Waals surface area contributed by atoms with Gasteiger partial charge in [-0.1, -0.05) is 0 Å². The van der Waals surface area contributed by atoms with E-state index in [2.05, 4.69) is 5.32 Å². The van der Waals surface area contributed by atoms with Crippen LogP contribution in [0.15, 0.2) is 24.3 Å². The number of nitrogens with two attached hydrogens (primary N) is 1. The van der Waals surface area contributed by atoms with E-state index in [0.29, 0.717) is 12.3 Å². The summed E-state index contributed by atoms with van der Waals surface area (Å²) in [5, 5.41) is 3.12. The van der Waals surface area contributed by atoms with E-state index < -0.39 is 11.7 Å². The number of anilines is 1. The van der Waals surface area contributed by atoms with Gasteiger partial charge in [-0.2, -0.15) is 13.2 Å². The van der Waals surface area contributed by atoms with Crippen molar-refractivity contribution in [2.24, 2.45) is 5.73 Å². The first-order valence-electron chi connectivity index (χ1n) is 6.22. The van der Waals surface area contributed by atoms with Crippen molar-refractivity contribution in [3.05, 3.63) is 29.8 Å². The molecule has 1 aliphatic rings. The topological polar surface area (TPSA) is 47.3 Å². The van der Waals surface area contributed by atoms with Crippen LogP contribution in [0.5, 0.6) is 0 Å². The average molecular weight is 274 g/mol. The summed E-state index contributed by atoms with van der Waals surface area (Å²) in [6.45, 7) is 2.50. The van der Waals surface area contributed by atoms with Gasteiger partial charge in [-0.3, -0.25) is 0 Å². The molecule has 0 heterocycles. The molecule has 0 spiro atoms. The minimum Gasteiger partial charge on any atom is -0.378 e. The van der Waals surface area contributed by atoms with E-state index in [1.54, 1.807) is 0 Å². The molecule has 19 heavy (non-hydrogen) atoms. The molecule has 1 aliphatic carbocycles. The predicted octanol–water partition coefficient (Wildman–Crippen LogP) is 2.62. The lowest BCUT2D eigenvalue weighted by atomic mass is 9.83. The van der Waals surface area contributed by atoms with E-state index in [1.165, 1.54) is 12.1 Å². The van der Waals surface area contributed by atoms with Gasteiger partial charge >= 0.3 is 6.18 Å². The smallest absolute Gasteiger partial charge is 0.378 e.